The van der Waals surface area contributed by atoms with Gasteiger partial charge in [0, 0.05) is 35.1 Å². The van der Waals surface area contributed by atoms with Gasteiger partial charge in [0.2, 0.25) is 5.91 Å². The lowest BCUT2D eigenvalue weighted by Crippen LogP contribution is -2.41. The summed E-state index contributed by atoms with van der Waals surface area (Å²) in [5.41, 5.74) is 4.48. The van der Waals surface area contributed by atoms with E-state index in [0.717, 1.165) is 35.8 Å². The minimum atomic E-state index is 0.125. The van der Waals surface area contributed by atoms with Crippen molar-refractivity contribution in [1.29, 1.82) is 0 Å². The Morgan fingerprint density at radius 3 is 3.04 bits per heavy atom. The summed E-state index contributed by atoms with van der Waals surface area (Å²) in [7, 11) is 0. The number of carbonyl (C=O) groups excluding carboxylic acids is 1. The maximum Gasteiger partial charge on any atom is 0.240 e. The van der Waals surface area contributed by atoms with Crippen molar-refractivity contribution in [2.45, 2.75) is 19.4 Å². The Hall–Kier alpha value is -2.02. The second-order valence-corrected chi connectivity index (χ2v) is 7.68. The molecule has 0 fully saturated rings. The first-order valence-electron chi connectivity index (χ1n) is 8.37. The van der Waals surface area contributed by atoms with Gasteiger partial charge < -0.3 is 10.2 Å². The third-order valence-electron chi connectivity index (χ3n) is 4.31. The first-order valence-corrected chi connectivity index (χ1v) is 10.2. The summed E-state index contributed by atoms with van der Waals surface area (Å²) in [6.07, 6.45) is 2.08. The van der Waals surface area contributed by atoms with Crippen LogP contribution in [0.15, 0.2) is 46.5 Å². The Labute approximate surface area is 155 Å². The summed E-state index contributed by atoms with van der Waals surface area (Å²) in [6.45, 7) is 1.75. The number of nitrogens with zero attached hydrogens (tertiary/aromatic N) is 2. The SMILES string of the molecule is O=C(CNCc1csc(-c2ccsc2)n1)N1CCCc2ccccc21. The number of rotatable bonds is 5. The predicted molar refractivity (Wildman–Crippen MR) is 104 cm³/mol. The number of anilines is 1. The number of thiazole rings is 1. The molecule has 0 saturated carbocycles. The van der Waals surface area contributed by atoms with Gasteiger partial charge in [-0.05, 0) is 35.9 Å². The molecule has 3 aromatic rings. The molecule has 4 rings (SSSR count). The topological polar surface area (TPSA) is 45.2 Å². The molecule has 1 aliphatic rings. The molecule has 25 heavy (non-hydrogen) atoms. The molecule has 0 saturated heterocycles. The summed E-state index contributed by atoms with van der Waals surface area (Å²) in [5.74, 6) is 0.125. The van der Waals surface area contributed by atoms with Crippen LogP contribution in [0.3, 0.4) is 0 Å². The summed E-state index contributed by atoms with van der Waals surface area (Å²) in [5, 5.41) is 10.5. The number of fused-ring (bicyclic) bond motifs is 1. The molecule has 0 atom stereocenters. The Morgan fingerprint density at radius 1 is 1.24 bits per heavy atom. The minimum Gasteiger partial charge on any atom is -0.311 e. The van der Waals surface area contributed by atoms with Crippen molar-refractivity contribution in [3.05, 3.63) is 57.7 Å². The van der Waals surface area contributed by atoms with Gasteiger partial charge in [0.1, 0.15) is 5.01 Å². The molecule has 0 bridgehead atoms. The van der Waals surface area contributed by atoms with Crippen LogP contribution in [-0.4, -0.2) is 24.0 Å². The predicted octanol–water partition coefficient (Wildman–Crippen LogP) is 3.94. The fraction of sp³-hybridized carbons (Fsp3) is 0.263. The highest BCUT2D eigenvalue weighted by Crippen LogP contribution is 2.27. The van der Waals surface area contributed by atoms with Crippen LogP contribution in [0, 0.1) is 0 Å². The van der Waals surface area contributed by atoms with E-state index in [4.69, 9.17) is 0 Å². The van der Waals surface area contributed by atoms with Crippen molar-refractivity contribution in [3.8, 4) is 10.6 Å². The lowest BCUT2D eigenvalue weighted by Gasteiger charge is -2.29. The third kappa shape index (κ3) is 3.66. The Bertz CT molecular complexity index is 857. The van der Waals surface area contributed by atoms with E-state index in [1.165, 1.54) is 11.1 Å². The zero-order valence-electron chi connectivity index (χ0n) is 13.8. The average molecular weight is 370 g/mol. The monoisotopic (exact) mass is 369 g/mol. The van der Waals surface area contributed by atoms with E-state index >= 15 is 0 Å². The largest absolute Gasteiger partial charge is 0.311 e. The number of nitrogens with one attached hydrogen (secondary N) is 1. The number of thiophene rings is 1. The zero-order valence-corrected chi connectivity index (χ0v) is 15.4. The first-order chi connectivity index (χ1) is 12.3. The molecular formula is C19H19N3OS2. The molecule has 1 amide bonds. The summed E-state index contributed by atoms with van der Waals surface area (Å²) in [4.78, 5) is 19.1. The number of benzene rings is 1. The number of aromatic nitrogens is 1. The normalized spacial score (nSPS) is 13.7. The van der Waals surface area contributed by atoms with Gasteiger partial charge in [-0.25, -0.2) is 4.98 Å². The maximum absolute atomic E-state index is 12.6. The lowest BCUT2D eigenvalue weighted by atomic mass is 10.0. The van der Waals surface area contributed by atoms with Crippen LogP contribution in [0.5, 0.6) is 0 Å². The fourth-order valence-corrected chi connectivity index (χ4v) is 4.62. The van der Waals surface area contributed by atoms with E-state index in [1.807, 2.05) is 23.1 Å². The molecule has 0 unspecified atom stereocenters. The third-order valence-corrected chi connectivity index (χ3v) is 5.94. The van der Waals surface area contributed by atoms with Crippen molar-refractivity contribution in [2.75, 3.05) is 18.0 Å². The molecule has 2 aromatic heterocycles. The number of carbonyl (C=O) groups is 1. The number of aryl methyl sites for hydroxylation is 1. The standard InChI is InChI=1S/C19H19N3OS2/c23-18(22-8-3-5-14-4-1-2-6-17(14)22)11-20-10-16-13-25-19(21-16)15-7-9-24-12-15/h1-2,4,6-7,9,12-13,20H,3,5,8,10-11H2. The van der Waals surface area contributed by atoms with E-state index in [-0.39, 0.29) is 5.91 Å². The number of amides is 1. The van der Waals surface area contributed by atoms with Crippen LogP contribution in [-0.2, 0) is 17.8 Å². The second-order valence-electron chi connectivity index (χ2n) is 6.04. The number of hydrogen-bond donors (Lipinski definition) is 1. The van der Waals surface area contributed by atoms with Crippen LogP contribution in [0.25, 0.3) is 10.6 Å². The van der Waals surface area contributed by atoms with Crippen LogP contribution >= 0.6 is 22.7 Å². The maximum atomic E-state index is 12.6. The highest BCUT2D eigenvalue weighted by Gasteiger charge is 2.21. The summed E-state index contributed by atoms with van der Waals surface area (Å²) in [6, 6.07) is 10.3. The van der Waals surface area contributed by atoms with Gasteiger partial charge in [-0.3, -0.25) is 4.79 Å². The zero-order chi connectivity index (χ0) is 17.1. The Morgan fingerprint density at radius 2 is 2.16 bits per heavy atom. The van der Waals surface area contributed by atoms with Crippen LogP contribution in [0.4, 0.5) is 5.69 Å². The molecule has 128 valence electrons. The lowest BCUT2D eigenvalue weighted by molar-refractivity contribution is -0.117. The molecule has 0 aliphatic carbocycles. The van der Waals surface area contributed by atoms with Crippen LogP contribution in [0.2, 0.25) is 0 Å². The van der Waals surface area contributed by atoms with Gasteiger partial charge >= 0.3 is 0 Å². The Kier molecular flexibility index (Phi) is 4.92. The first kappa shape index (κ1) is 16.4. The van der Waals surface area contributed by atoms with Crippen molar-refractivity contribution < 1.29 is 4.79 Å². The molecule has 1 N–H and O–H groups in total. The number of hydrogen-bond acceptors (Lipinski definition) is 5. The Balaban J connectivity index is 1.34. The van der Waals surface area contributed by atoms with Gasteiger partial charge in [0.05, 0.1) is 12.2 Å². The van der Waals surface area contributed by atoms with Crippen LogP contribution < -0.4 is 10.2 Å². The summed E-state index contributed by atoms with van der Waals surface area (Å²) < 4.78 is 0. The van der Waals surface area contributed by atoms with Crippen molar-refractivity contribution >= 4 is 34.3 Å². The van der Waals surface area contributed by atoms with E-state index in [0.29, 0.717) is 13.1 Å². The molecule has 6 heteroatoms. The van der Waals surface area contributed by atoms with Gasteiger partial charge in [0.15, 0.2) is 0 Å². The molecule has 1 aliphatic heterocycles. The highest BCUT2D eigenvalue weighted by molar-refractivity contribution is 7.14. The van der Waals surface area contributed by atoms with Crippen LogP contribution in [0.1, 0.15) is 17.7 Å². The van der Waals surface area contributed by atoms with Gasteiger partial charge in [0.25, 0.3) is 0 Å². The van der Waals surface area contributed by atoms with Crippen molar-refractivity contribution in [1.82, 2.24) is 10.3 Å². The minimum absolute atomic E-state index is 0.125. The molecule has 3 heterocycles. The smallest absolute Gasteiger partial charge is 0.240 e. The highest BCUT2D eigenvalue weighted by atomic mass is 32.1. The van der Waals surface area contributed by atoms with Gasteiger partial charge in [-0.2, -0.15) is 11.3 Å². The number of para-hydroxylation sites is 1. The second kappa shape index (κ2) is 7.47. The van der Waals surface area contributed by atoms with Gasteiger partial charge in [-0.1, -0.05) is 18.2 Å². The van der Waals surface area contributed by atoms with E-state index in [1.54, 1.807) is 22.7 Å². The average Bonchev–Trinajstić information content (AvgIpc) is 3.32. The molecular weight excluding hydrogens is 350 g/mol. The molecule has 4 nitrogen and oxygen atoms in total. The quantitative estimate of drug-likeness (QED) is 0.741. The molecule has 1 aromatic carbocycles. The van der Waals surface area contributed by atoms with E-state index in [2.05, 4.69) is 38.6 Å². The van der Waals surface area contributed by atoms with E-state index in [9.17, 15) is 4.79 Å². The van der Waals surface area contributed by atoms with Crippen molar-refractivity contribution in [3.63, 3.8) is 0 Å². The van der Waals surface area contributed by atoms with Crippen molar-refractivity contribution in [2.24, 2.45) is 0 Å². The van der Waals surface area contributed by atoms with Gasteiger partial charge in [-0.15, -0.1) is 11.3 Å². The molecule has 0 spiro atoms. The molecule has 0 radical (unpaired) electrons. The summed E-state index contributed by atoms with van der Waals surface area (Å²) >= 11 is 3.32. The fourth-order valence-electron chi connectivity index (χ4n) is 3.09. The van der Waals surface area contributed by atoms with E-state index < -0.39 is 0 Å².